The first-order valence-electron chi connectivity index (χ1n) is 29.3. The van der Waals surface area contributed by atoms with Gasteiger partial charge >= 0.3 is 17.9 Å². The number of hydrogen-bond donors (Lipinski definition) is 0. The fourth-order valence-corrected chi connectivity index (χ4v) is 8.77. The van der Waals surface area contributed by atoms with Gasteiger partial charge in [-0.3, -0.25) is 14.4 Å². The molecule has 0 radical (unpaired) electrons. The summed E-state index contributed by atoms with van der Waals surface area (Å²) in [6.45, 7) is 6.60. The lowest BCUT2D eigenvalue weighted by molar-refractivity contribution is -0.167. The summed E-state index contributed by atoms with van der Waals surface area (Å²) in [7, 11) is 0. The van der Waals surface area contributed by atoms with Crippen LogP contribution in [0.15, 0.2) is 24.3 Å². The first-order chi connectivity index (χ1) is 32.5. The van der Waals surface area contributed by atoms with Crippen LogP contribution >= 0.6 is 0 Å². The molecular weight excluding hydrogens is 817 g/mol. The molecule has 0 N–H and O–H groups in total. The van der Waals surface area contributed by atoms with E-state index in [4.69, 9.17) is 14.2 Å². The molecule has 0 bridgehead atoms. The van der Waals surface area contributed by atoms with Crippen molar-refractivity contribution in [2.45, 2.75) is 329 Å². The largest absolute Gasteiger partial charge is 0.462 e. The van der Waals surface area contributed by atoms with Gasteiger partial charge in [0.05, 0.1) is 0 Å². The van der Waals surface area contributed by atoms with Crippen LogP contribution in [-0.2, 0) is 28.6 Å². The normalized spacial score (nSPS) is 12.1. The average molecular weight is 930 g/mol. The molecular formula is C60H112O6. The highest BCUT2D eigenvalue weighted by atomic mass is 16.6. The molecule has 0 fully saturated rings. The molecule has 0 rings (SSSR count). The number of carbonyl (C=O) groups is 3. The zero-order chi connectivity index (χ0) is 47.9. The van der Waals surface area contributed by atoms with E-state index in [-0.39, 0.29) is 31.1 Å². The molecule has 6 nitrogen and oxygen atoms in total. The van der Waals surface area contributed by atoms with Crippen molar-refractivity contribution in [3.8, 4) is 0 Å². The lowest BCUT2D eigenvalue weighted by Gasteiger charge is -2.18. The Morgan fingerprint density at radius 3 is 0.848 bits per heavy atom. The first kappa shape index (κ1) is 63.9. The summed E-state index contributed by atoms with van der Waals surface area (Å²) >= 11 is 0. The second kappa shape index (κ2) is 55.5. The summed E-state index contributed by atoms with van der Waals surface area (Å²) in [5.74, 6) is -0.879. The Labute approximate surface area is 411 Å². The van der Waals surface area contributed by atoms with Gasteiger partial charge in [0.15, 0.2) is 6.10 Å². The molecule has 0 aromatic rings. The fraction of sp³-hybridized carbons (Fsp3) is 0.883. The number of unbranched alkanes of at least 4 members (excludes halogenated alkanes) is 39. The molecule has 1 atom stereocenters. The Bertz CT molecular complexity index is 1070. The minimum Gasteiger partial charge on any atom is -0.462 e. The second-order valence-electron chi connectivity index (χ2n) is 19.9. The second-order valence-corrected chi connectivity index (χ2v) is 19.9. The summed E-state index contributed by atoms with van der Waals surface area (Å²) in [6, 6.07) is 0. The van der Waals surface area contributed by atoms with Gasteiger partial charge in [0, 0.05) is 19.3 Å². The van der Waals surface area contributed by atoms with Gasteiger partial charge < -0.3 is 14.2 Å². The maximum absolute atomic E-state index is 12.8. The Balaban J connectivity index is 4.04. The highest BCUT2D eigenvalue weighted by molar-refractivity contribution is 5.71. The Hall–Kier alpha value is -2.11. The molecule has 0 heterocycles. The molecule has 0 aliphatic rings. The molecule has 0 aromatic heterocycles. The molecule has 0 aliphatic carbocycles. The SMILES string of the molecule is CCCCCC/C=C\C/C=C\CCCCCCCC(=O)OC(COC(=O)CCCCCCCC)COC(=O)CCCCCCCCCCCCCCCCCCCCCCCCCCCC. The van der Waals surface area contributed by atoms with E-state index in [1.54, 1.807) is 0 Å². The number of rotatable bonds is 54. The van der Waals surface area contributed by atoms with Crippen LogP contribution in [-0.4, -0.2) is 37.2 Å². The molecule has 0 saturated carbocycles. The predicted octanol–water partition coefficient (Wildman–Crippen LogP) is 19.5. The first-order valence-corrected chi connectivity index (χ1v) is 29.3. The molecule has 388 valence electrons. The Morgan fingerprint density at radius 2 is 0.545 bits per heavy atom. The van der Waals surface area contributed by atoms with Gasteiger partial charge in [0.2, 0.25) is 0 Å². The summed E-state index contributed by atoms with van der Waals surface area (Å²) in [6.07, 6.45) is 65.0. The maximum atomic E-state index is 12.8. The van der Waals surface area contributed by atoms with Crippen molar-refractivity contribution in [2.24, 2.45) is 0 Å². The molecule has 1 unspecified atom stereocenters. The van der Waals surface area contributed by atoms with E-state index in [1.165, 1.54) is 205 Å². The third-order valence-corrected chi connectivity index (χ3v) is 13.2. The number of esters is 3. The minimum absolute atomic E-state index is 0.0728. The quantitative estimate of drug-likeness (QED) is 0.0262. The van der Waals surface area contributed by atoms with Crippen molar-refractivity contribution in [1.29, 1.82) is 0 Å². The highest BCUT2D eigenvalue weighted by Gasteiger charge is 2.19. The highest BCUT2D eigenvalue weighted by Crippen LogP contribution is 2.17. The smallest absolute Gasteiger partial charge is 0.306 e. The van der Waals surface area contributed by atoms with Gasteiger partial charge in [0.1, 0.15) is 13.2 Å². The molecule has 0 aromatic carbocycles. The lowest BCUT2D eigenvalue weighted by Crippen LogP contribution is -2.30. The minimum atomic E-state index is -0.772. The van der Waals surface area contributed by atoms with Crippen LogP contribution in [0, 0.1) is 0 Å². The zero-order valence-electron chi connectivity index (χ0n) is 44.5. The monoisotopic (exact) mass is 929 g/mol. The van der Waals surface area contributed by atoms with Crippen molar-refractivity contribution in [3.63, 3.8) is 0 Å². The Kier molecular flexibility index (Phi) is 53.7. The fourth-order valence-electron chi connectivity index (χ4n) is 8.77. The van der Waals surface area contributed by atoms with Crippen molar-refractivity contribution in [2.75, 3.05) is 13.2 Å². The van der Waals surface area contributed by atoms with E-state index in [0.717, 1.165) is 77.0 Å². The van der Waals surface area contributed by atoms with E-state index < -0.39 is 6.10 Å². The summed E-state index contributed by atoms with van der Waals surface area (Å²) in [5, 5.41) is 0. The van der Waals surface area contributed by atoms with Crippen LogP contribution in [0.4, 0.5) is 0 Å². The van der Waals surface area contributed by atoms with Crippen LogP contribution in [0.1, 0.15) is 323 Å². The maximum Gasteiger partial charge on any atom is 0.306 e. The van der Waals surface area contributed by atoms with E-state index in [9.17, 15) is 14.4 Å². The van der Waals surface area contributed by atoms with Crippen LogP contribution in [0.25, 0.3) is 0 Å². The van der Waals surface area contributed by atoms with Crippen LogP contribution in [0.3, 0.4) is 0 Å². The number of hydrogen-bond acceptors (Lipinski definition) is 6. The Morgan fingerprint density at radius 1 is 0.303 bits per heavy atom. The molecule has 0 amide bonds. The van der Waals surface area contributed by atoms with E-state index in [0.29, 0.717) is 19.3 Å². The van der Waals surface area contributed by atoms with Gasteiger partial charge in [-0.1, -0.05) is 276 Å². The number of carbonyl (C=O) groups excluding carboxylic acids is 3. The number of ether oxygens (including phenoxy) is 3. The topological polar surface area (TPSA) is 78.9 Å². The van der Waals surface area contributed by atoms with E-state index in [2.05, 4.69) is 45.1 Å². The number of allylic oxidation sites excluding steroid dienone is 4. The molecule has 0 spiro atoms. The van der Waals surface area contributed by atoms with Crippen molar-refractivity contribution >= 4 is 17.9 Å². The van der Waals surface area contributed by atoms with Gasteiger partial charge in [-0.05, 0) is 51.4 Å². The molecule has 66 heavy (non-hydrogen) atoms. The third-order valence-electron chi connectivity index (χ3n) is 13.2. The summed E-state index contributed by atoms with van der Waals surface area (Å²) in [4.78, 5) is 37.8. The standard InChI is InChI=1S/C60H112O6/c1-4-7-10-13-16-18-20-22-24-26-27-28-29-30-31-32-33-34-35-37-38-40-42-44-47-50-53-59(62)65-56-57(55-64-58(61)52-49-46-15-12-9-6-3)66-60(63)54-51-48-45-43-41-39-36-25-23-21-19-17-14-11-8-5-2/h19,21,25,36,57H,4-18,20,22-24,26-35,37-56H2,1-3H3/b21-19-,36-25-. The van der Waals surface area contributed by atoms with Gasteiger partial charge in [-0.15, -0.1) is 0 Å². The van der Waals surface area contributed by atoms with Crippen LogP contribution in [0.2, 0.25) is 0 Å². The van der Waals surface area contributed by atoms with Crippen LogP contribution < -0.4 is 0 Å². The molecule has 0 aliphatic heterocycles. The third kappa shape index (κ3) is 52.9. The van der Waals surface area contributed by atoms with Gasteiger partial charge in [-0.25, -0.2) is 0 Å². The van der Waals surface area contributed by atoms with Crippen molar-refractivity contribution in [3.05, 3.63) is 24.3 Å². The van der Waals surface area contributed by atoms with Gasteiger partial charge in [-0.2, -0.15) is 0 Å². The van der Waals surface area contributed by atoms with Crippen molar-refractivity contribution < 1.29 is 28.6 Å². The molecule has 6 heteroatoms. The van der Waals surface area contributed by atoms with Crippen molar-refractivity contribution in [1.82, 2.24) is 0 Å². The van der Waals surface area contributed by atoms with E-state index in [1.807, 2.05) is 0 Å². The average Bonchev–Trinajstić information content (AvgIpc) is 3.31. The molecule has 0 saturated heterocycles. The lowest BCUT2D eigenvalue weighted by atomic mass is 10.0. The van der Waals surface area contributed by atoms with E-state index >= 15 is 0 Å². The summed E-state index contributed by atoms with van der Waals surface area (Å²) < 4.78 is 16.7. The van der Waals surface area contributed by atoms with Gasteiger partial charge in [0.25, 0.3) is 0 Å². The van der Waals surface area contributed by atoms with Crippen LogP contribution in [0.5, 0.6) is 0 Å². The zero-order valence-corrected chi connectivity index (χ0v) is 44.5. The predicted molar refractivity (Wildman–Crippen MR) is 284 cm³/mol. The summed E-state index contributed by atoms with van der Waals surface area (Å²) in [5.41, 5.74) is 0.